The van der Waals surface area contributed by atoms with Crippen LogP contribution in [-0.4, -0.2) is 38.8 Å². The molecule has 0 spiro atoms. The Morgan fingerprint density at radius 2 is 1.89 bits per heavy atom. The Morgan fingerprint density at radius 1 is 1.33 bits per heavy atom. The average molecular weight is 271 g/mol. The first-order chi connectivity index (χ1) is 8.41. The number of benzene rings is 1. The highest BCUT2D eigenvalue weighted by Crippen LogP contribution is 2.16. The second kappa shape index (κ2) is 5.83. The van der Waals surface area contributed by atoms with Crippen LogP contribution >= 0.6 is 0 Å². The van der Waals surface area contributed by atoms with E-state index in [0.717, 1.165) is 4.31 Å². The molecule has 0 aliphatic rings. The number of carbonyl (C=O) groups is 1. The minimum Gasteiger partial charge on any atom is -0.399 e. The Bertz CT molecular complexity index is 511. The van der Waals surface area contributed by atoms with Crippen molar-refractivity contribution in [1.82, 2.24) is 9.62 Å². The number of nitrogens with two attached hydrogens (primary N) is 1. The number of anilines is 1. The molecule has 1 aromatic rings. The highest BCUT2D eigenvalue weighted by Gasteiger charge is 2.24. The molecular formula is C11H17N3O3S. The van der Waals surface area contributed by atoms with Crippen LogP contribution in [0.25, 0.3) is 0 Å². The number of likely N-dealkylation sites (N-methyl/N-ethyl adjacent to an activating group) is 2. The molecule has 18 heavy (non-hydrogen) atoms. The van der Waals surface area contributed by atoms with Gasteiger partial charge in [0, 0.05) is 19.3 Å². The molecule has 0 radical (unpaired) electrons. The van der Waals surface area contributed by atoms with Crippen molar-refractivity contribution in [2.75, 3.05) is 25.9 Å². The van der Waals surface area contributed by atoms with E-state index in [9.17, 15) is 13.2 Å². The lowest BCUT2D eigenvalue weighted by molar-refractivity contribution is -0.120. The lowest BCUT2D eigenvalue weighted by Crippen LogP contribution is -2.39. The molecule has 0 unspecified atom stereocenters. The van der Waals surface area contributed by atoms with Crippen LogP contribution in [-0.2, 0) is 14.8 Å². The van der Waals surface area contributed by atoms with Crippen molar-refractivity contribution in [2.24, 2.45) is 0 Å². The van der Waals surface area contributed by atoms with Crippen molar-refractivity contribution >= 4 is 21.6 Å². The molecule has 0 saturated heterocycles. The van der Waals surface area contributed by atoms with Crippen molar-refractivity contribution in [1.29, 1.82) is 0 Å². The topological polar surface area (TPSA) is 92.5 Å². The fraction of sp³-hybridized carbons (Fsp3) is 0.364. The number of carbonyl (C=O) groups excluding carboxylic acids is 1. The monoisotopic (exact) mass is 271 g/mol. The second-order valence-electron chi connectivity index (χ2n) is 3.67. The van der Waals surface area contributed by atoms with Gasteiger partial charge in [0.25, 0.3) is 0 Å². The molecule has 6 nitrogen and oxygen atoms in total. The summed E-state index contributed by atoms with van der Waals surface area (Å²) < 4.78 is 25.6. The lowest BCUT2D eigenvalue weighted by atomic mass is 10.3. The molecule has 0 aliphatic heterocycles. The van der Waals surface area contributed by atoms with Crippen LogP contribution in [0.3, 0.4) is 0 Å². The molecule has 0 saturated carbocycles. The normalized spacial score (nSPS) is 11.5. The molecule has 0 aliphatic carbocycles. The van der Waals surface area contributed by atoms with Gasteiger partial charge < -0.3 is 11.1 Å². The van der Waals surface area contributed by atoms with Crippen molar-refractivity contribution in [2.45, 2.75) is 11.8 Å². The summed E-state index contributed by atoms with van der Waals surface area (Å²) in [6.45, 7) is 1.71. The number of hydrogen-bond donors (Lipinski definition) is 2. The molecular weight excluding hydrogens is 254 g/mol. The molecule has 1 amide bonds. The smallest absolute Gasteiger partial charge is 0.243 e. The quantitative estimate of drug-likeness (QED) is 0.739. The standard InChI is InChI=1S/C11H17N3O3S/c1-3-14(8-11(15)13-2)18(16,17)10-6-4-9(12)5-7-10/h4-7H,3,8,12H2,1-2H3,(H,13,15). The highest BCUT2D eigenvalue weighted by atomic mass is 32.2. The zero-order chi connectivity index (χ0) is 13.8. The molecule has 3 N–H and O–H groups in total. The van der Waals surface area contributed by atoms with Crippen molar-refractivity contribution < 1.29 is 13.2 Å². The molecule has 0 atom stereocenters. The van der Waals surface area contributed by atoms with Gasteiger partial charge in [0.15, 0.2) is 0 Å². The molecule has 0 fully saturated rings. The van der Waals surface area contributed by atoms with E-state index < -0.39 is 10.0 Å². The van der Waals surface area contributed by atoms with E-state index in [0.29, 0.717) is 5.69 Å². The fourth-order valence-electron chi connectivity index (χ4n) is 1.39. The number of amides is 1. The predicted molar refractivity (Wildman–Crippen MR) is 69.4 cm³/mol. The summed E-state index contributed by atoms with van der Waals surface area (Å²) in [5, 5.41) is 2.40. The molecule has 100 valence electrons. The number of nitrogen functional groups attached to an aromatic ring is 1. The molecule has 1 rings (SSSR count). The van der Waals surface area contributed by atoms with E-state index in [4.69, 9.17) is 5.73 Å². The zero-order valence-electron chi connectivity index (χ0n) is 10.4. The summed E-state index contributed by atoms with van der Waals surface area (Å²) in [5.41, 5.74) is 6.00. The molecule has 0 bridgehead atoms. The van der Waals surface area contributed by atoms with Crippen molar-refractivity contribution in [3.05, 3.63) is 24.3 Å². The minimum absolute atomic E-state index is 0.127. The van der Waals surface area contributed by atoms with Crippen molar-refractivity contribution in [3.8, 4) is 0 Å². The summed E-state index contributed by atoms with van der Waals surface area (Å²) in [5.74, 6) is -0.351. The molecule has 1 aromatic carbocycles. The van der Waals surface area contributed by atoms with Crippen LogP contribution in [0.2, 0.25) is 0 Å². The first-order valence-corrected chi connectivity index (χ1v) is 6.92. The number of nitrogens with zero attached hydrogens (tertiary/aromatic N) is 1. The van der Waals surface area contributed by atoms with Gasteiger partial charge >= 0.3 is 0 Å². The maximum Gasteiger partial charge on any atom is 0.243 e. The summed E-state index contributed by atoms with van der Waals surface area (Å²) in [7, 11) is -2.19. The summed E-state index contributed by atoms with van der Waals surface area (Å²) in [4.78, 5) is 11.4. The van der Waals surface area contributed by atoms with Gasteiger partial charge in [0.2, 0.25) is 15.9 Å². The third kappa shape index (κ3) is 3.21. The van der Waals surface area contributed by atoms with Crippen LogP contribution in [0.5, 0.6) is 0 Å². The van der Waals surface area contributed by atoms with E-state index in [1.54, 1.807) is 6.92 Å². The average Bonchev–Trinajstić information content (AvgIpc) is 2.35. The van der Waals surface area contributed by atoms with E-state index in [2.05, 4.69) is 5.32 Å². The predicted octanol–water partition coefficient (Wildman–Crippen LogP) is 0.0254. The summed E-state index contributed by atoms with van der Waals surface area (Å²) >= 11 is 0. The van der Waals surface area contributed by atoms with Crippen LogP contribution in [0.1, 0.15) is 6.92 Å². The number of hydrogen-bond acceptors (Lipinski definition) is 4. The highest BCUT2D eigenvalue weighted by molar-refractivity contribution is 7.89. The fourth-order valence-corrected chi connectivity index (χ4v) is 2.80. The zero-order valence-corrected chi connectivity index (χ0v) is 11.2. The largest absolute Gasteiger partial charge is 0.399 e. The first kappa shape index (κ1) is 14.5. The third-order valence-corrected chi connectivity index (χ3v) is 4.40. The maximum absolute atomic E-state index is 12.2. The van der Waals surface area contributed by atoms with Gasteiger partial charge in [-0.15, -0.1) is 0 Å². The molecule has 0 aromatic heterocycles. The SMILES string of the molecule is CCN(CC(=O)NC)S(=O)(=O)c1ccc(N)cc1. The van der Waals surface area contributed by atoms with E-state index >= 15 is 0 Å². The Kier molecular flexibility index (Phi) is 4.69. The van der Waals surface area contributed by atoms with E-state index in [1.807, 2.05) is 0 Å². The number of nitrogens with one attached hydrogen (secondary N) is 1. The Labute approximate surface area is 107 Å². The van der Waals surface area contributed by atoms with E-state index in [1.165, 1.54) is 31.3 Å². The Hall–Kier alpha value is -1.60. The second-order valence-corrected chi connectivity index (χ2v) is 5.61. The van der Waals surface area contributed by atoms with Gasteiger partial charge in [-0.1, -0.05) is 6.92 Å². The Balaban J connectivity index is 3.03. The van der Waals surface area contributed by atoms with Crippen LogP contribution in [0.15, 0.2) is 29.2 Å². The maximum atomic E-state index is 12.2. The van der Waals surface area contributed by atoms with Crippen LogP contribution in [0, 0.1) is 0 Å². The van der Waals surface area contributed by atoms with E-state index in [-0.39, 0.29) is 23.9 Å². The van der Waals surface area contributed by atoms with Gasteiger partial charge in [-0.05, 0) is 24.3 Å². The van der Waals surface area contributed by atoms with Crippen molar-refractivity contribution in [3.63, 3.8) is 0 Å². The number of sulfonamides is 1. The van der Waals surface area contributed by atoms with Gasteiger partial charge in [0.05, 0.1) is 11.4 Å². The summed E-state index contributed by atoms with van der Waals surface area (Å²) in [6.07, 6.45) is 0. The third-order valence-electron chi connectivity index (χ3n) is 2.47. The lowest BCUT2D eigenvalue weighted by Gasteiger charge is -2.19. The van der Waals surface area contributed by atoms with Gasteiger partial charge in [-0.25, -0.2) is 8.42 Å². The van der Waals surface area contributed by atoms with Gasteiger partial charge in [0.1, 0.15) is 0 Å². The first-order valence-electron chi connectivity index (χ1n) is 5.48. The molecule has 7 heteroatoms. The minimum atomic E-state index is -3.66. The van der Waals surface area contributed by atoms with Crippen LogP contribution < -0.4 is 11.1 Å². The molecule has 0 heterocycles. The van der Waals surface area contributed by atoms with Gasteiger partial charge in [-0.3, -0.25) is 4.79 Å². The van der Waals surface area contributed by atoms with Gasteiger partial charge in [-0.2, -0.15) is 4.31 Å². The number of rotatable bonds is 5. The van der Waals surface area contributed by atoms with Crippen LogP contribution in [0.4, 0.5) is 5.69 Å². The Morgan fingerprint density at radius 3 is 2.33 bits per heavy atom. The summed E-state index contributed by atoms with van der Waals surface area (Å²) in [6, 6.07) is 5.88.